The van der Waals surface area contributed by atoms with Crippen molar-refractivity contribution in [1.82, 2.24) is 5.32 Å². The van der Waals surface area contributed by atoms with Gasteiger partial charge in [-0.2, -0.15) is 0 Å². The van der Waals surface area contributed by atoms with Crippen LogP contribution in [0.3, 0.4) is 0 Å². The van der Waals surface area contributed by atoms with Crippen LogP contribution in [0.25, 0.3) is 10.8 Å². The zero-order valence-corrected chi connectivity index (χ0v) is 12.3. The third-order valence-electron chi connectivity index (χ3n) is 3.23. The second-order valence-electron chi connectivity index (χ2n) is 4.68. The van der Waals surface area contributed by atoms with Crippen LogP contribution < -0.4 is 10.2 Å². The minimum absolute atomic E-state index is 0.781. The summed E-state index contributed by atoms with van der Waals surface area (Å²) in [5.74, 6) is 0. The van der Waals surface area contributed by atoms with Gasteiger partial charge < -0.3 is 10.2 Å². The third-order valence-corrected chi connectivity index (χ3v) is 3.65. The van der Waals surface area contributed by atoms with Gasteiger partial charge in [0.05, 0.1) is 0 Å². The van der Waals surface area contributed by atoms with Crippen LogP contribution in [0, 0.1) is 0 Å². The molecule has 0 heterocycles. The first kappa shape index (κ1) is 13.8. The second-order valence-corrected chi connectivity index (χ2v) is 5.06. The second kappa shape index (κ2) is 6.53. The van der Waals surface area contributed by atoms with Crippen LogP contribution in [-0.4, -0.2) is 18.7 Å². The van der Waals surface area contributed by atoms with Crippen molar-refractivity contribution in [3.63, 3.8) is 0 Å². The fourth-order valence-electron chi connectivity index (χ4n) is 1.99. The molecule has 0 aliphatic heterocycles. The van der Waals surface area contributed by atoms with Crippen LogP contribution in [0.1, 0.15) is 19.8 Å². The molecule has 0 saturated heterocycles. The summed E-state index contributed by atoms with van der Waals surface area (Å²) in [4.78, 5) is 2.03. The molecule has 19 heavy (non-hydrogen) atoms. The molecule has 100 valence electrons. The van der Waals surface area contributed by atoms with Crippen LogP contribution in [0.4, 0.5) is 5.69 Å². The van der Waals surface area contributed by atoms with Gasteiger partial charge in [-0.15, -0.1) is 0 Å². The molecular weight excluding hydrogens is 252 g/mol. The molecule has 0 aliphatic rings. The molecule has 0 aliphatic carbocycles. The van der Waals surface area contributed by atoms with E-state index in [1.165, 1.54) is 17.2 Å². The fourth-order valence-corrected chi connectivity index (χ4v) is 2.20. The zero-order valence-electron chi connectivity index (χ0n) is 11.5. The lowest BCUT2D eigenvalue weighted by atomic mass is 10.1. The average Bonchev–Trinajstić information content (AvgIpc) is 2.46. The summed E-state index contributed by atoms with van der Waals surface area (Å²) >= 11 is 5.41. The molecule has 2 rings (SSSR count). The topological polar surface area (TPSA) is 15.3 Å². The molecule has 0 fully saturated rings. The summed E-state index contributed by atoms with van der Waals surface area (Å²) in [6.45, 7) is 3.12. The van der Waals surface area contributed by atoms with Crippen molar-refractivity contribution in [3.05, 3.63) is 42.5 Å². The van der Waals surface area contributed by atoms with E-state index in [4.69, 9.17) is 12.2 Å². The lowest BCUT2D eigenvalue weighted by molar-refractivity contribution is 0.754. The van der Waals surface area contributed by atoms with Crippen molar-refractivity contribution in [2.24, 2.45) is 0 Å². The van der Waals surface area contributed by atoms with Crippen LogP contribution in [0.2, 0.25) is 0 Å². The highest BCUT2D eigenvalue weighted by Gasteiger charge is 2.06. The maximum absolute atomic E-state index is 5.41. The highest BCUT2D eigenvalue weighted by molar-refractivity contribution is 7.80. The molecule has 1 N–H and O–H groups in total. The van der Waals surface area contributed by atoms with Gasteiger partial charge in [-0.3, -0.25) is 0 Å². The molecule has 2 nitrogen and oxygen atoms in total. The number of hydrogen-bond acceptors (Lipinski definition) is 1. The number of anilines is 1. The van der Waals surface area contributed by atoms with Crippen molar-refractivity contribution in [2.75, 3.05) is 18.5 Å². The predicted octanol–water partition coefficient (Wildman–Crippen LogP) is 3.95. The Balaban J connectivity index is 2.12. The molecule has 0 amide bonds. The molecule has 2 aromatic carbocycles. The first-order valence-electron chi connectivity index (χ1n) is 6.72. The van der Waals surface area contributed by atoms with Gasteiger partial charge >= 0.3 is 0 Å². The SMILES string of the molecule is CCCCNC(=S)N(C)c1ccc2ccccc2c1. The van der Waals surface area contributed by atoms with Gasteiger partial charge in [0.2, 0.25) is 0 Å². The van der Waals surface area contributed by atoms with E-state index in [2.05, 4.69) is 54.7 Å². The van der Waals surface area contributed by atoms with Gasteiger partial charge in [0.25, 0.3) is 0 Å². The molecule has 0 unspecified atom stereocenters. The van der Waals surface area contributed by atoms with E-state index in [9.17, 15) is 0 Å². The Morgan fingerprint density at radius 2 is 1.89 bits per heavy atom. The van der Waals surface area contributed by atoms with Crippen molar-refractivity contribution in [3.8, 4) is 0 Å². The van der Waals surface area contributed by atoms with E-state index in [0.29, 0.717) is 0 Å². The number of thiocarbonyl (C=S) groups is 1. The van der Waals surface area contributed by atoms with Crippen molar-refractivity contribution in [2.45, 2.75) is 19.8 Å². The largest absolute Gasteiger partial charge is 0.362 e. The highest BCUT2D eigenvalue weighted by atomic mass is 32.1. The Labute approximate surface area is 120 Å². The molecule has 2 aromatic rings. The van der Waals surface area contributed by atoms with E-state index >= 15 is 0 Å². The van der Waals surface area contributed by atoms with E-state index in [1.54, 1.807) is 0 Å². The summed E-state index contributed by atoms with van der Waals surface area (Å²) < 4.78 is 0. The van der Waals surface area contributed by atoms with E-state index in [1.807, 2.05) is 11.9 Å². The number of hydrogen-bond donors (Lipinski definition) is 1. The molecule has 0 spiro atoms. The van der Waals surface area contributed by atoms with Crippen molar-refractivity contribution >= 4 is 33.8 Å². The van der Waals surface area contributed by atoms with Gasteiger partial charge in [0, 0.05) is 19.3 Å². The van der Waals surface area contributed by atoms with Crippen LogP contribution in [0.5, 0.6) is 0 Å². The Morgan fingerprint density at radius 3 is 2.63 bits per heavy atom. The average molecular weight is 272 g/mol. The molecule has 0 radical (unpaired) electrons. The van der Waals surface area contributed by atoms with Gasteiger partial charge in [-0.05, 0) is 41.5 Å². The fraction of sp³-hybridized carbons (Fsp3) is 0.312. The van der Waals surface area contributed by atoms with Gasteiger partial charge in [-0.25, -0.2) is 0 Å². The summed E-state index contributed by atoms with van der Waals surface area (Å²) in [6, 6.07) is 14.8. The smallest absolute Gasteiger partial charge is 0.173 e. The maximum atomic E-state index is 5.41. The number of nitrogens with one attached hydrogen (secondary N) is 1. The normalized spacial score (nSPS) is 10.4. The van der Waals surface area contributed by atoms with Crippen LogP contribution >= 0.6 is 12.2 Å². The predicted molar refractivity (Wildman–Crippen MR) is 87.9 cm³/mol. The molecule has 3 heteroatoms. The number of rotatable bonds is 4. The van der Waals surface area contributed by atoms with Gasteiger partial charge in [0.15, 0.2) is 5.11 Å². The third kappa shape index (κ3) is 3.44. The minimum Gasteiger partial charge on any atom is -0.362 e. The quantitative estimate of drug-likeness (QED) is 0.670. The maximum Gasteiger partial charge on any atom is 0.173 e. The summed E-state index contributed by atoms with van der Waals surface area (Å²) in [6.07, 6.45) is 2.32. The molecular formula is C16H20N2S. The van der Waals surface area contributed by atoms with Gasteiger partial charge in [-0.1, -0.05) is 43.7 Å². The number of benzene rings is 2. The molecule has 0 aromatic heterocycles. The Hall–Kier alpha value is -1.61. The highest BCUT2D eigenvalue weighted by Crippen LogP contribution is 2.21. The summed E-state index contributed by atoms with van der Waals surface area (Å²) in [7, 11) is 2.01. The summed E-state index contributed by atoms with van der Waals surface area (Å²) in [5, 5.41) is 6.56. The zero-order chi connectivity index (χ0) is 13.7. The lowest BCUT2D eigenvalue weighted by Crippen LogP contribution is -2.37. The van der Waals surface area contributed by atoms with Crippen molar-refractivity contribution in [1.29, 1.82) is 0 Å². The van der Waals surface area contributed by atoms with Crippen LogP contribution in [0.15, 0.2) is 42.5 Å². The Bertz CT molecular complexity index is 565. The number of fused-ring (bicyclic) bond motifs is 1. The van der Waals surface area contributed by atoms with Gasteiger partial charge in [0.1, 0.15) is 0 Å². The molecule has 0 atom stereocenters. The standard InChI is InChI=1S/C16H20N2S/c1-3-4-11-17-16(19)18(2)15-10-9-13-7-5-6-8-14(13)12-15/h5-10,12H,3-4,11H2,1-2H3,(H,17,19). The summed E-state index contributed by atoms with van der Waals surface area (Å²) in [5.41, 5.74) is 1.12. The van der Waals surface area contributed by atoms with E-state index in [0.717, 1.165) is 23.8 Å². The van der Waals surface area contributed by atoms with E-state index in [-0.39, 0.29) is 0 Å². The lowest BCUT2D eigenvalue weighted by Gasteiger charge is -2.21. The molecule has 0 bridgehead atoms. The van der Waals surface area contributed by atoms with Crippen LogP contribution in [-0.2, 0) is 0 Å². The minimum atomic E-state index is 0.781. The first-order chi connectivity index (χ1) is 9.22. The Kier molecular flexibility index (Phi) is 4.74. The van der Waals surface area contributed by atoms with Crippen molar-refractivity contribution < 1.29 is 0 Å². The number of nitrogens with zero attached hydrogens (tertiary/aromatic N) is 1. The Morgan fingerprint density at radius 1 is 1.16 bits per heavy atom. The van der Waals surface area contributed by atoms with E-state index < -0.39 is 0 Å². The monoisotopic (exact) mass is 272 g/mol. The first-order valence-corrected chi connectivity index (χ1v) is 7.13. The molecule has 0 saturated carbocycles. The number of unbranched alkanes of at least 4 members (excludes halogenated alkanes) is 1.